The van der Waals surface area contributed by atoms with Crippen LogP contribution in [0.15, 0.2) is 28.9 Å². The van der Waals surface area contributed by atoms with E-state index in [-0.39, 0.29) is 0 Å². The van der Waals surface area contributed by atoms with E-state index in [2.05, 4.69) is 61.2 Å². The quantitative estimate of drug-likeness (QED) is 0.811. The maximum atomic E-state index is 3.48. The molecule has 0 fully saturated rings. The van der Waals surface area contributed by atoms with E-state index in [1.807, 2.05) is 0 Å². The van der Waals surface area contributed by atoms with Crippen molar-refractivity contribution in [1.29, 1.82) is 0 Å². The van der Waals surface area contributed by atoms with Crippen LogP contribution in [0.3, 0.4) is 0 Å². The number of benzene rings is 1. The third-order valence-corrected chi connectivity index (χ3v) is 2.98. The Morgan fingerprint density at radius 2 is 2.15 bits per heavy atom. The van der Waals surface area contributed by atoms with Crippen molar-refractivity contribution >= 4 is 42.8 Å². The Bertz CT molecular complexity index is 420. The molecule has 0 aliphatic carbocycles. The van der Waals surface area contributed by atoms with Gasteiger partial charge in [-0.05, 0) is 30.2 Å². The fraction of sp³-hybridized carbons (Fsp3) is 0.200. The molecule has 3 heteroatoms. The number of aromatic nitrogens is 1. The van der Waals surface area contributed by atoms with Crippen molar-refractivity contribution in [2.75, 3.05) is 5.33 Å². The largest absolute Gasteiger partial charge is 0.361 e. The molecule has 0 atom stereocenters. The topological polar surface area (TPSA) is 15.8 Å². The first-order valence-corrected chi connectivity index (χ1v) is 6.04. The lowest BCUT2D eigenvalue weighted by Crippen LogP contribution is -1.81. The van der Waals surface area contributed by atoms with Crippen molar-refractivity contribution < 1.29 is 0 Å². The van der Waals surface area contributed by atoms with Crippen molar-refractivity contribution in [2.24, 2.45) is 0 Å². The highest BCUT2D eigenvalue weighted by Gasteiger charge is 2.02. The number of aryl methyl sites for hydroxylation is 1. The van der Waals surface area contributed by atoms with Crippen molar-refractivity contribution in [3.63, 3.8) is 0 Å². The molecule has 1 nitrogen and oxygen atoms in total. The summed E-state index contributed by atoms with van der Waals surface area (Å²) in [5.41, 5.74) is 2.58. The van der Waals surface area contributed by atoms with Gasteiger partial charge in [0.2, 0.25) is 0 Å². The Morgan fingerprint density at radius 1 is 1.31 bits per heavy atom. The van der Waals surface area contributed by atoms with E-state index in [1.165, 1.54) is 16.5 Å². The van der Waals surface area contributed by atoms with E-state index in [0.29, 0.717) is 0 Å². The van der Waals surface area contributed by atoms with E-state index in [4.69, 9.17) is 0 Å². The maximum Gasteiger partial charge on any atom is 0.0457 e. The molecule has 0 spiro atoms. The molecular weight excluding hydrogens is 294 g/mol. The molecule has 2 rings (SSSR count). The van der Waals surface area contributed by atoms with Crippen LogP contribution in [0.5, 0.6) is 0 Å². The van der Waals surface area contributed by atoms with Gasteiger partial charge in [-0.3, -0.25) is 0 Å². The van der Waals surface area contributed by atoms with E-state index >= 15 is 0 Å². The summed E-state index contributed by atoms with van der Waals surface area (Å²) in [5.74, 6) is 0. The van der Waals surface area contributed by atoms with Crippen molar-refractivity contribution in [3.05, 3.63) is 34.4 Å². The first kappa shape index (κ1) is 9.28. The Kier molecular flexibility index (Phi) is 2.74. The Balaban J connectivity index is 2.58. The van der Waals surface area contributed by atoms with Gasteiger partial charge in [0.05, 0.1) is 0 Å². The summed E-state index contributed by atoms with van der Waals surface area (Å²) in [6, 6.07) is 6.30. The second-order valence-corrected chi connectivity index (χ2v) is 4.65. The minimum atomic E-state index is 1.01. The summed E-state index contributed by atoms with van der Waals surface area (Å²) in [5, 5.41) is 2.32. The number of fused-ring (bicyclic) bond motifs is 1. The standard InChI is InChI=1S/C10H9Br2N/c11-4-3-7-6-13-10-2-1-8(12)5-9(7)10/h1-2,5-6,13H,3-4H2. The molecule has 1 heterocycles. The molecule has 0 radical (unpaired) electrons. The lowest BCUT2D eigenvalue weighted by molar-refractivity contribution is 1.18. The van der Waals surface area contributed by atoms with Crippen LogP contribution in [0.4, 0.5) is 0 Å². The van der Waals surface area contributed by atoms with Crippen LogP contribution in [0, 0.1) is 0 Å². The predicted octanol–water partition coefficient (Wildman–Crippen LogP) is 3.87. The average molecular weight is 303 g/mol. The van der Waals surface area contributed by atoms with Crippen molar-refractivity contribution in [3.8, 4) is 0 Å². The number of alkyl halides is 1. The number of nitrogens with one attached hydrogen (secondary N) is 1. The van der Waals surface area contributed by atoms with Crippen molar-refractivity contribution in [1.82, 2.24) is 4.98 Å². The molecule has 1 aromatic heterocycles. The van der Waals surface area contributed by atoms with Gasteiger partial charge < -0.3 is 4.98 Å². The van der Waals surface area contributed by atoms with Crippen LogP contribution in [0.25, 0.3) is 10.9 Å². The highest BCUT2D eigenvalue weighted by Crippen LogP contribution is 2.23. The van der Waals surface area contributed by atoms with Gasteiger partial charge in [0.25, 0.3) is 0 Å². The Hall–Kier alpha value is -0.280. The molecule has 0 amide bonds. The summed E-state index contributed by atoms with van der Waals surface area (Å²) in [6.45, 7) is 0. The molecule has 0 saturated heterocycles. The fourth-order valence-corrected chi connectivity index (χ4v) is 2.25. The SMILES string of the molecule is BrCCc1c[nH]c2ccc(Br)cc12. The Morgan fingerprint density at radius 3 is 2.92 bits per heavy atom. The predicted molar refractivity (Wildman–Crippen MR) is 63.5 cm³/mol. The highest BCUT2D eigenvalue weighted by atomic mass is 79.9. The minimum Gasteiger partial charge on any atom is -0.361 e. The van der Waals surface area contributed by atoms with Gasteiger partial charge in [0.15, 0.2) is 0 Å². The molecule has 0 saturated carbocycles. The summed E-state index contributed by atoms with van der Waals surface area (Å²) >= 11 is 6.93. The monoisotopic (exact) mass is 301 g/mol. The first-order chi connectivity index (χ1) is 6.31. The van der Waals surface area contributed by atoms with E-state index in [1.54, 1.807) is 0 Å². The lowest BCUT2D eigenvalue weighted by Gasteiger charge is -1.95. The number of hydrogen-bond acceptors (Lipinski definition) is 0. The molecule has 1 N–H and O–H groups in total. The molecule has 13 heavy (non-hydrogen) atoms. The normalized spacial score (nSPS) is 10.9. The lowest BCUT2D eigenvalue weighted by atomic mass is 10.1. The number of rotatable bonds is 2. The molecule has 0 unspecified atom stereocenters. The molecule has 0 aliphatic heterocycles. The number of H-pyrrole nitrogens is 1. The van der Waals surface area contributed by atoms with Crippen LogP contribution >= 0.6 is 31.9 Å². The third-order valence-electron chi connectivity index (χ3n) is 2.09. The highest BCUT2D eigenvalue weighted by molar-refractivity contribution is 9.10. The minimum absolute atomic E-state index is 1.01. The average Bonchev–Trinajstić information content (AvgIpc) is 2.49. The van der Waals surface area contributed by atoms with Gasteiger partial charge in [-0.15, -0.1) is 0 Å². The summed E-state index contributed by atoms with van der Waals surface area (Å²) < 4.78 is 1.13. The van der Waals surface area contributed by atoms with Gasteiger partial charge >= 0.3 is 0 Å². The first-order valence-electron chi connectivity index (χ1n) is 4.13. The molecule has 1 aromatic carbocycles. The van der Waals surface area contributed by atoms with Crippen LogP contribution < -0.4 is 0 Å². The summed E-state index contributed by atoms with van der Waals surface area (Å²) in [6.07, 6.45) is 3.15. The number of hydrogen-bond donors (Lipinski definition) is 1. The third kappa shape index (κ3) is 1.81. The Labute approximate surface area is 93.8 Å². The van der Waals surface area contributed by atoms with Crippen molar-refractivity contribution in [2.45, 2.75) is 6.42 Å². The van der Waals surface area contributed by atoms with E-state index in [9.17, 15) is 0 Å². The smallest absolute Gasteiger partial charge is 0.0457 e. The second-order valence-electron chi connectivity index (χ2n) is 2.94. The molecule has 68 valence electrons. The van der Waals surface area contributed by atoms with Crippen LogP contribution in [0.2, 0.25) is 0 Å². The summed E-state index contributed by atoms with van der Waals surface area (Å²) in [4.78, 5) is 3.26. The fourth-order valence-electron chi connectivity index (χ4n) is 1.46. The molecular formula is C10H9Br2N. The maximum absolute atomic E-state index is 3.48. The molecule has 0 aliphatic rings. The zero-order chi connectivity index (χ0) is 9.26. The molecule has 2 aromatic rings. The van der Waals surface area contributed by atoms with Crippen LogP contribution in [-0.4, -0.2) is 10.3 Å². The van der Waals surface area contributed by atoms with Gasteiger partial charge in [-0.1, -0.05) is 31.9 Å². The van der Waals surface area contributed by atoms with Gasteiger partial charge in [-0.2, -0.15) is 0 Å². The van der Waals surface area contributed by atoms with Gasteiger partial charge in [0, 0.05) is 26.9 Å². The second kappa shape index (κ2) is 3.84. The van der Waals surface area contributed by atoms with Crippen LogP contribution in [0.1, 0.15) is 5.56 Å². The van der Waals surface area contributed by atoms with Gasteiger partial charge in [0.1, 0.15) is 0 Å². The zero-order valence-electron chi connectivity index (χ0n) is 6.98. The van der Waals surface area contributed by atoms with E-state index in [0.717, 1.165) is 16.2 Å². The number of aromatic amines is 1. The molecule has 0 bridgehead atoms. The van der Waals surface area contributed by atoms with Gasteiger partial charge in [-0.25, -0.2) is 0 Å². The van der Waals surface area contributed by atoms with Crippen LogP contribution in [-0.2, 0) is 6.42 Å². The zero-order valence-corrected chi connectivity index (χ0v) is 10.2. The van der Waals surface area contributed by atoms with E-state index < -0.39 is 0 Å². The number of halogens is 2. The summed E-state index contributed by atoms with van der Waals surface area (Å²) in [7, 11) is 0.